The molecule has 0 fully saturated rings. The maximum Gasteiger partial charge on any atom is 0.120 e. The van der Waals surface area contributed by atoms with Crippen LogP contribution in [0.25, 0.3) is 0 Å². The van der Waals surface area contributed by atoms with Crippen molar-refractivity contribution in [1.82, 2.24) is 0 Å². The Bertz CT molecular complexity index is 310. The summed E-state index contributed by atoms with van der Waals surface area (Å²) in [6.07, 6.45) is 2.20. The Hall–Kier alpha value is -0.860. The van der Waals surface area contributed by atoms with E-state index in [2.05, 4.69) is 0 Å². The lowest BCUT2D eigenvalue weighted by Crippen LogP contribution is -1.92. The highest BCUT2D eigenvalue weighted by Crippen LogP contribution is 2.19. The van der Waals surface area contributed by atoms with Crippen LogP contribution in [-0.4, -0.2) is 13.4 Å². The largest absolute Gasteiger partial charge is 0.380 e. The average molecular weight is 213 g/mol. The first kappa shape index (κ1) is 11.2. The molecule has 0 atom stereocenters. The van der Waals surface area contributed by atoms with Crippen LogP contribution in [0.2, 0.25) is 5.02 Å². The van der Waals surface area contributed by atoms with E-state index in [0.717, 1.165) is 23.8 Å². The highest BCUT2D eigenvalue weighted by molar-refractivity contribution is 6.31. The Kier molecular flexibility index (Phi) is 4.63. The minimum Gasteiger partial charge on any atom is -0.380 e. The van der Waals surface area contributed by atoms with Gasteiger partial charge in [-0.1, -0.05) is 23.7 Å². The number of rotatable bonds is 5. The Labute approximate surface area is 88.8 Å². The zero-order chi connectivity index (χ0) is 10.4. The van der Waals surface area contributed by atoms with Crippen LogP contribution in [0.3, 0.4) is 0 Å². The van der Waals surface area contributed by atoms with Crippen LogP contribution in [0.1, 0.15) is 17.5 Å². The Morgan fingerprint density at radius 2 is 2.29 bits per heavy atom. The highest BCUT2D eigenvalue weighted by Gasteiger charge is 2.01. The summed E-state index contributed by atoms with van der Waals surface area (Å²) in [5.41, 5.74) is 2.06. The van der Waals surface area contributed by atoms with Crippen LogP contribution >= 0.6 is 11.6 Å². The summed E-state index contributed by atoms with van der Waals surface area (Å²) < 4.78 is 4.99. The van der Waals surface area contributed by atoms with Crippen molar-refractivity contribution in [2.24, 2.45) is 0 Å². The van der Waals surface area contributed by atoms with Crippen LogP contribution < -0.4 is 0 Å². The zero-order valence-corrected chi connectivity index (χ0v) is 8.88. The van der Waals surface area contributed by atoms with E-state index in [1.54, 1.807) is 7.11 Å². The van der Waals surface area contributed by atoms with E-state index in [4.69, 9.17) is 16.3 Å². The van der Waals surface area contributed by atoms with Gasteiger partial charge >= 0.3 is 0 Å². The second kappa shape index (κ2) is 5.78. The molecule has 0 amide bonds. The van der Waals surface area contributed by atoms with E-state index in [1.807, 2.05) is 18.2 Å². The highest BCUT2D eigenvalue weighted by atomic mass is 35.5. The molecule has 0 saturated heterocycles. The summed E-state index contributed by atoms with van der Waals surface area (Å²) in [5, 5.41) is 0.704. The summed E-state index contributed by atoms with van der Waals surface area (Å²) in [7, 11) is 1.64. The fourth-order valence-electron chi connectivity index (χ4n) is 1.24. The second-order valence-corrected chi connectivity index (χ2v) is 3.47. The van der Waals surface area contributed by atoms with E-state index in [-0.39, 0.29) is 0 Å². The van der Waals surface area contributed by atoms with Crippen LogP contribution in [-0.2, 0) is 22.6 Å². The Morgan fingerprint density at radius 1 is 1.50 bits per heavy atom. The predicted octanol–water partition coefficient (Wildman–Crippen LogP) is 2.62. The summed E-state index contributed by atoms with van der Waals surface area (Å²) in [6.45, 7) is 0.521. The molecule has 1 aromatic rings. The first-order valence-corrected chi connectivity index (χ1v) is 4.85. The first-order valence-electron chi connectivity index (χ1n) is 4.47. The molecule has 1 aromatic carbocycles. The van der Waals surface area contributed by atoms with Gasteiger partial charge in [-0.05, 0) is 23.6 Å². The number of hydrogen-bond acceptors (Lipinski definition) is 2. The molecule has 0 N–H and O–H groups in total. The molecule has 0 heterocycles. The molecule has 0 aliphatic heterocycles. The maximum atomic E-state index is 10.2. The summed E-state index contributed by atoms with van der Waals surface area (Å²) >= 11 is 6.02. The second-order valence-electron chi connectivity index (χ2n) is 3.06. The maximum absolute atomic E-state index is 10.2. The number of benzene rings is 1. The molecule has 0 radical (unpaired) electrons. The van der Waals surface area contributed by atoms with Gasteiger partial charge in [0.05, 0.1) is 6.61 Å². The van der Waals surface area contributed by atoms with Gasteiger partial charge in [0.15, 0.2) is 0 Å². The van der Waals surface area contributed by atoms with Gasteiger partial charge in [-0.25, -0.2) is 0 Å². The lowest BCUT2D eigenvalue weighted by Gasteiger charge is -2.05. The number of hydrogen-bond donors (Lipinski definition) is 0. The summed E-state index contributed by atoms with van der Waals surface area (Å²) in [4.78, 5) is 10.2. The lowest BCUT2D eigenvalue weighted by atomic mass is 10.1. The van der Waals surface area contributed by atoms with E-state index < -0.39 is 0 Å². The minimum atomic E-state index is 0.521. The van der Waals surface area contributed by atoms with Gasteiger partial charge in [0.25, 0.3) is 0 Å². The quantitative estimate of drug-likeness (QED) is 0.702. The molecule has 76 valence electrons. The summed E-state index contributed by atoms with van der Waals surface area (Å²) in [6, 6.07) is 5.80. The smallest absolute Gasteiger partial charge is 0.120 e. The Balaban J connectivity index is 2.72. The standard InChI is InChI=1S/C11H13ClO2/c1-14-8-10-5-4-9(3-2-6-13)7-11(10)12/h4-7H,2-3,8H2,1H3. The fraction of sp³-hybridized carbons (Fsp3) is 0.364. The SMILES string of the molecule is COCc1ccc(CCC=O)cc1Cl. The summed E-state index contributed by atoms with van der Waals surface area (Å²) in [5.74, 6) is 0. The van der Waals surface area contributed by atoms with Crippen molar-refractivity contribution in [3.05, 3.63) is 34.3 Å². The number of aryl methyl sites for hydroxylation is 1. The molecule has 2 nitrogen and oxygen atoms in total. The molecule has 14 heavy (non-hydrogen) atoms. The van der Waals surface area contributed by atoms with Gasteiger partial charge in [0.2, 0.25) is 0 Å². The van der Waals surface area contributed by atoms with Crippen molar-refractivity contribution in [2.45, 2.75) is 19.4 Å². The van der Waals surface area contributed by atoms with E-state index in [0.29, 0.717) is 18.1 Å². The third-order valence-corrected chi connectivity index (χ3v) is 2.32. The van der Waals surface area contributed by atoms with Gasteiger partial charge in [0.1, 0.15) is 6.29 Å². The molecule has 0 spiro atoms. The van der Waals surface area contributed by atoms with Gasteiger partial charge in [0, 0.05) is 18.6 Å². The molecule has 0 unspecified atom stereocenters. The third-order valence-electron chi connectivity index (χ3n) is 1.97. The van der Waals surface area contributed by atoms with Crippen molar-refractivity contribution in [3.8, 4) is 0 Å². The van der Waals surface area contributed by atoms with Crippen molar-refractivity contribution in [1.29, 1.82) is 0 Å². The monoisotopic (exact) mass is 212 g/mol. The molecule has 1 rings (SSSR count). The van der Waals surface area contributed by atoms with Crippen LogP contribution in [0.4, 0.5) is 0 Å². The molecule has 0 aromatic heterocycles. The number of aldehydes is 1. The van der Waals surface area contributed by atoms with Crippen molar-refractivity contribution < 1.29 is 9.53 Å². The van der Waals surface area contributed by atoms with E-state index in [9.17, 15) is 4.79 Å². The molecule has 0 saturated carbocycles. The Morgan fingerprint density at radius 3 is 2.86 bits per heavy atom. The van der Waals surface area contributed by atoms with Crippen molar-refractivity contribution in [3.63, 3.8) is 0 Å². The number of ether oxygens (including phenoxy) is 1. The number of methoxy groups -OCH3 is 1. The van der Waals surface area contributed by atoms with Gasteiger partial charge in [-0.2, -0.15) is 0 Å². The van der Waals surface area contributed by atoms with Crippen molar-refractivity contribution in [2.75, 3.05) is 7.11 Å². The normalized spacial score (nSPS) is 10.1. The minimum absolute atomic E-state index is 0.521. The number of carbonyl (C=O) groups is 1. The van der Waals surface area contributed by atoms with Gasteiger partial charge in [-0.3, -0.25) is 0 Å². The molecule has 0 bridgehead atoms. The predicted molar refractivity (Wildman–Crippen MR) is 56.6 cm³/mol. The third kappa shape index (κ3) is 3.13. The van der Waals surface area contributed by atoms with E-state index >= 15 is 0 Å². The molecular weight excluding hydrogens is 200 g/mol. The number of halogens is 1. The van der Waals surface area contributed by atoms with Gasteiger partial charge in [-0.15, -0.1) is 0 Å². The van der Waals surface area contributed by atoms with Crippen molar-refractivity contribution >= 4 is 17.9 Å². The van der Waals surface area contributed by atoms with Gasteiger partial charge < -0.3 is 9.53 Å². The fourth-order valence-corrected chi connectivity index (χ4v) is 1.50. The van der Waals surface area contributed by atoms with E-state index in [1.165, 1.54) is 0 Å². The molecule has 3 heteroatoms. The first-order chi connectivity index (χ1) is 6.77. The molecule has 0 aliphatic rings. The molecule has 0 aliphatic carbocycles. The average Bonchev–Trinajstić information content (AvgIpc) is 2.19. The van der Waals surface area contributed by atoms with Crippen LogP contribution in [0.15, 0.2) is 18.2 Å². The van der Waals surface area contributed by atoms with Crippen LogP contribution in [0.5, 0.6) is 0 Å². The lowest BCUT2D eigenvalue weighted by molar-refractivity contribution is -0.107. The molecular formula is C11H13ClO2. The number of carbonyl (C=O) groups excluding carboxylic acids is 1. The zero-order valence-electron chi connectivity index (χ0n) is 8.13. The topological polar surface area (TPSA) is 26.3 Å². The van der Waals surface area contributed by atoms with Crippen LogP contribution in [0, 0.1) is 0 Å².